The quantitative estimate of drug-likeness (QED) is 0.582. The topological polar surface area (TPSA) is 92.4 Å². The van der Waals surface area contributed by atoms with Crippen molar-refractivity contribution in [1.82, 2.24) is 5.32 Å². The van der Waals surface area contributed by atoms with Crippen LogP contribution in [-0.2, 0) is 9.59 Å². The highest BCUT2D eigenvalue weighted by Crippen LogP contribution is 2.10. The van der Waals surface area contributed by atoms with E-state index in [1.807, 2.05) is 13.8 Å². The highest BCUT2D eigenvalue weighted by molar-refractivity contribution is 5.76. The van der Waals surface area contributed by atoms with Crippen LogP contribution in [0.25, 0.3) is 0 Å². The number of carboxylic acids is 1. The molecular weight excluding hydrogens is 232 g/mol. The van der Waals surface area contributed by atoms with Crippen molar-refractivity contribution in [2.75, 3.05) is 6.54 Å². The van der Waals surface area contributed by atoms with Gasteiger partial charge in [-0.25, -0.2) is 0 Å². The standard InChI is InChI=1S/C13H26N2O3/c1-9(8-14)7-12(16)15-11(3)6-4-5-10(2)13(17)18/h9-11H,4-8,14H2,1-3H3,(H,15,16)(H,17,18). The molecule has 4 N–H and O–H groups in total. The minimum atomic E-state index is -0.761. The number of nitrogens with one attached hydrogen (secondary N) is 1. The molecule has 0 radical (unpaired) electrons. The van der Waals surface area contributed by atoms with Crippen LogP contribution in [0.1, 0.15) is 46.5 Å². The minimum Gasteiger partial charge on any atom is -0.481 e. The van der Waals surface area contributed by atoms with Gasteiger partial charge in [-0.15, -0.1) is 0 Å². The molecule has 3 atom stereocenters. The van der Waals surface area contributed by atoms with E-state index in [9.17, 15) is 9.59 Å². The largest absolute Gasteiger partial charge is 0.481 e. The summed E-state index contributed by atoms with van der Waals surface area (Å²) in [5.41, 5.74) is 5.46. The summed E-state index contributed by atoms with van der Waals surface area (Å²) in [5, 5.41) is 11.6. The van der Waals surface area contributed by atoms with Crippen LogP contribution < -0.4 is 11.1 Å². The molecule has 0 aromatic carbocycles. The average molecular weight is 258 g/mol. The number of carbonyl (C=O) groups excluding carboxylic acids is 1. The van der Waals surface area contributed by atoms with Crippen LogP contribution in [0.2, 0.25) is 0 Å². The highest BCUT2D eigenvalue weighted by atomic mass is 16.4. The molecule has 0 aliphatic heterocycles. The summed E-state index contributed by atoms with van der Waals surface area (Å²) in [5.74, 6) is -0.857. The van der Waals surface area contributed by atoms with Gasteiger partial charge in [0.05, 0.1) is 5.92 Å². The maximum absolute atomic E-state index is 11.6. The number of rotatable bonds is 9. The van der Waals surface area contributed by atoms with Crippen molar-refractivity contribution in [3.63, 3.8) is 0 Å². The molecule has 0 spiro atoms. The lowest BCUT2D eigenvalue weighted by atomic mass is 10.0. The number of aliphatic carboxylic acids is 1. The Morgan fingerprint density at radius 2 is 1.83 bits per heavy atom. The Hall–Kier alpha value is -1.10. The van der Waals surface area contributed by atoms with E-state index < -0.39 is 5.97 Å². The molecular formula is C13H26N2O3. The molecule has 5 heteroatoms. The maximum atomic E-state index is 11.6. The fourth-order valence-electron chi connectivity index (χ4n) is 1.66. The third kappa shape index (κ3) is 8.06. The molecule has 0 aromatic rings. The summed E-state index contributed by atoms with van der Waals surface area (Å²) in [6.07, 6.45) is 2.71. The molecule has 0 heterocycles. The first-order chi connectivity index (χ1) is 8.36. The molecule has 3 unspecified atom stereocenters. The molecule has 0 bridgehead atoms. The predicted octanol–water partition coefficient (Wildman–Crippen LogP) is 1.37. The zero-order chi connectivity index (χ0) is 14.1. The van der Waals surface area contributed by atoms with Crippen molar-refractivity contribution in [2.24, 2.45) is 17.6 Å². The molecule has 0 saturated carbocycles. The zero-order valence-corrected chi connectivity index (χ0v) is 11.6. The van der Waals surface area contributed by atoms with Crippen LogP contribution >= 0.6 is 0 Å². The maximum Gasteiger partial charge on any atom is 0.306 e. The van der Waals surface area contributed by atoms with Crippen molar-refractivity contribution < 1.29 is 14.7 Å². The summed E-state index contributed by atoms with van der Waals surface area (Å²) in [6, 6.07) is 0.0865. The fraction of sp³-hybridized carbons (Fsp3) is 0.846. The SMILES string of the molecule is CC(CN)CC(=O)NC(C)CCCC(C)C(=O)O. The van der Waals surface area contributed by atoms with Crippen LogP contribution in [-0.4, -0.2) is 29.6 Å². The van der Waals surface area contributed by atoms with Crippen LogP contribution in [0.15, 0.2) is 0 Å². The van der Waals surface area contributed by atoms with Gasteiger partial charge in [-0.2, -0.15) is 0 Å². The van der Waals surface area contributed by atoms with Crippen molar-refractivity contribution in [3.05, 3.63) is 0 Å². The van der Waals surface area contributed by atoms with Crippen LogP contribution in [0, 0.1) is 11.8 Å². The Balaban J connectivity index is 3.74. The van der Waals surface area contributed by atoms with Gasteiger partial charge in [-0.3, -0.25) is 9.59 Å². The molecule has 18 heavy (non-hydrogen) atoms. The van der Waals surface area contributed by atoms with Gasteiger partial charge >= 0.3 is 5.97 Å². The Morgan fingerprint density at radius 3 is 2.33 bits per heavy atom. The second-order valence-corrected chi connectivity index (χ2v) is 5.18. The summed E-state index contributed by atoms with van der Waals surface area (Å²) < 4.78 is 0. The van der Waals surface area contributed by atoms with E-state index in [2.05, 4.69) is 5.32 Å². The monoisotopic (exact) mass is 258 g/mol. The van der Waals surface area contributed by atoms with Crippen molar-refractivity contribution >= 4 is 11.9 Å². The molecule has 0 aliphatic carbocycles. The number of hydrogen-bond donors (Lipinski definition) is 3. The molecule has 0 aromatic heterocycles. The van der Waals surface area contributed by atoms with Gasteiger partial charge in [0.25, 0.3) is 0 Å². The van der Waals surface area contributed by atoms with Gasteiger partial charge < -0.3 is 16.2 Å². The molecule has 0 saturated heterocycles. The smallest absolute Gasteiger partial charge is 0.306 e. The van der Waals surface area contributed by atoms with E-state index in [-0.39, 0.29) is 23.8 Å². The van der Waals surface area contributed by atoms with Gasteiger partial charge in [-0.1, -0.05) is 20.3 Å². The van der Waals surface area contributed by atoms with Crippen molar-refractivity contribution in [3.8, 4) is 0 Å². The number of amides is 1. The van der Waals surface area contributed by atoms with Crippen molar-refractivity contribution in [2.45, 2.75) is 52.5 Å². The summed E-state index contributed by atoms with van der Waals surface area (Å²) >= 11 is 0. The van der Waals surface area contributed by atoms with Gasteiger partial charge in [-0.05, 0) is 32.2 Å². The summed E-state index contributed by atoms with van der Waals surface area (Å²) in [6.45, 7) is 6.10. The molecule has 0 fully saturated rings. The Bertz CT molecular complexity index is 269. The minimum absolute atomic E-state index is 0.0201. The van der Waals surface area contributed by atoms with Gasteiger partial charge in [0.15, 0.2) is 0 Å². The molecule has 0 rings (SSSR count). The second-order valence-electron chi connectivity index (χ2n) is 5.18. The first-order valence-corrected chi connectivity index (χ1v) is 6.59. The average Bonchev–Trinajstić information content (AvgIpc) is 2.27. The third-order valence-corrected chi connectivity index (χ3v) is 3.04. The van der Waals surface area contributed by atoms with E-state index in [4.69, 9.17) is 10.8 Å². The van der Waals surface area contributed by atoms with E-state index in [1.54, 1.807) is 6.92 Å². The first-order valence-electron chi connectivity index (χ1n) is 6.59. The zero-order valence-electron chi connectivity index (χ0n) is 11.6. The number of nitrogens with two attached hydrogens (primary N) is 1. The third-order valence-electron chi connectivity index (χ3n) is 3.04. The second kappa shape index (κ2) is 8.91. The lowest BCUT2D eigenvalue weighted by Crippen LogP contribution is -2.34. The highest BCUT2D eigenvalue weighted by Gasteiger charge is 2.13. The van der Waals surface area contributed by atoms with E-state index in [0.717, 1.165) is 12.8 Å². The van der Waals surface area contributed by atoms with Crippen LogP contribution in [0.5, 0.6) is 0 Å². The number of hydrogen-bond acceptors (Lipinski definition) is 3. The van der Waals surface area contributed by atoms with Gasteiger partial charge in [0.2, 0.25) is 5.91 Å². The molecule has 5 nitrogen and oxygen atoms in total. The van der Waals surface area contributed by atoms with E-state index in [1.165, 1.54) is 0 Å². The van der Waals surface area contributed by atoms with Gasteiger partial charge in [0.1, 0.15) is 0 Å². The molecule has 1 amide bonds. The van der Waals surface area contributed by atoms with E-state index >= 15 is 0 Å². The van der Waals surface area contributed by atoms with Crippen LogP contribution in [0.4, 0.5) is 0 Å². The summed E-state index contributed by atoms with van der Waals surface area (Å²) in [4.78, 5) is 22.2. The van der Waals surface area contributed by atoms with Crippen molar-refractivity contribution in [1.29, 1.82) is 0 Å². The lowest BCUT2D eigenvalue weighted by molar-refractivity contribution is -0.141. The Kier molecular flexibility index (Phi) is 8.37. The predicted molar refractivity (Wildman–Crippen MR) is 71.1 cm³/mol. The normalized spacial score (nSPS) is 15.8. The number of carboxylic acid groups (broad SMARTS) is 1. The summed E-state index contributed by atoms with van der Waals surface area (Å²) in [7, 11) is 0. The van der Waals surface area contributed by atoms with E-state index in [0.29, 0.717) is 19.4 Å². The molecule has 106 valence electrons. The first kappa shape index (κ1) is 16.9. The Morgan fingerprint density at radius 1 is 1.22 bits per heavy atom. The Labute approximate surface area is 109 Å². The van der Waals surface area contributed by atoms with Crippen LogP contribution in [0.3, 0.4) is 0 Å². The molecule has 0 aliphatic rings. The lowest BCUT2D eigenvalue weighted by Gasteiger charge is -2.16. The fourth-order valence-corrected chi connectivity index (χ4v) is 1.66. The van der Waals surface area contributed by atoms with Gasteiger partial charge in [0, 0.05) is 12.5 Å². The number of carbonyl (C=O) groups is 2.